The fourth-order valence-corrected chi connectivity index (χ4v) is 5.37. The lowest BCUT2D eigenvalue weighted by Crippen LogP contribution is -2.28. The number of carbonyl (C=O) groups is 3. The maximum atomic E-state index is 13.1. The van der Waals surface area contributed by atoms with E-state index in [4.69, 9.17) is 9.15 Å². The highest BCUT2D eigenvalue weighted by atomic mass is 16.5. The summed E-state index contributed by atoms with van der Waals surface area (Å²) < 4.78 is 13.1. The van der Waals surface area contributed by atoms with Crippen molar-refractivity contribution in [1.82, 2.24) is 9.47 Å². The Balaban J connectivity index is 1.06. The zero-order valence-corrected chi connectivity index (χ0v) is 22.7. The van der Waals surface area contributed by atoms with Crippen molar-refractivity contribution in [3.8, 4) is 11.5 Å². The molecule has 9 heteroatoms. The lowest BCUT2D eigenvalue weighted by molar-refractivity contribution is -0.116. The van der Waals surface area contributed by atoms with E-state index in [-0.39, 0.29) is 35.9 Å². The summed E-state index contributed by atoms with van der Waals surface area (Å²) in [6, 6.07) is 29.5. The number of benzene rings is 4. The lowest BCUT2D eigenvalue weighted by Gasteiger charge is -2.15. The van der Waals surface area contributed by atoms with E-state index in [0.717, 1.165) is 4.90 Å². The molecular weight excluding hydrogens is 546 g/mol. The Labute approximate surface area is 244 Å². The summed E-state index contributed by atoms with van der Waals surface area (Å²) in [7, 11) is 0. The predicted octanol–water partition coefficient (Wildman–Crippen LogP) is 5.97. The number of imide groups is 1. The normalized spacial score (nSPS) is 12.6. The van der Waals surface area contributed by atoms with Gasteiger partial charge in [0.2, 0.25) is 5.91 Å². The molecule has 9 nitrogen and oxygen atoms in total. The number of nitrogens with one attached hydrogen (secondary N) is 1. The second kappa shape index (κ2) is 10.5. The van der Waals surface area contributed by atoms with Crippen LogP contribution in [0.2, 0.25) is 0 Å². The molecule has 0 spiro atoms. The maximum absolute atomic E-state index is 13.1. The first-order valence-corrected chi connectivity index (χ1v) is 13.6. The van der Waals surface area contributed by atoms with E-state index in [9.17, 15) is 19.2 Å². The van der Waals surface area contributed by atoms with Gasteiger partial charge in [-0.2, -0.15) is 0 Å². The van der Waals surface area contributed by atoms with Crippen LogP contribution in [0.5, 0.6) is 11.5 Å². The van der Waals surface area contributed by atoms with Crippen LogP contribution in [0.1, 0.15) is 26.5 Å². The average Bonchev–Trinajstić information content (AvgIpc) is 3.63. The predicted molar refractivity (Wildman–Crippen MR) is 160 cm³/mol. The Morgan fingerprint density at radius 2 is 1.37 bits per heavy atom. The molecule has 0 saturated carbocycles. The molecule has 7 rings (SSSR count). The van der Waals surface area contributed by atoms with E-state index >= 15 is 0 Å². The number of carbonyl (C=O) groups excluding carboxylic acids is 3. The molecule has 1 aliphatic rings. The van der Waals surface area contributed by atoms with Crippen molar-refractivity contribution in [2.75, 3.05) is 5.32 Å². The zero-order valence-electron chi connectivity index (χ0n) is 22.7. The van der Waals surface area contributed by atoms with Crippen LogP contribution in [0.25, 0.3) is 21.8 Å². The van der Waals surface area contributed by atoms with E-state index in [0.29, 0.717) is 50.3 Å². The van der Waals surface area contributed by atoms with Crippen LogP contribution in [0.3, 0.4) is 0 Å². The minimum atomic E-state index is -0.414. The molecule has 2 aromatic heterocycles. The number of para-hydroxylation sites is 2. The van der Waals surface area contributed by atoms with Crippen LogP contribution in [0.15, 0.2) is 119 Å². The number of rotatable bonds is 7. The van der Waals surface area contributed by atoms with Gasteiger partial charge in [0, 0.05) is 16.5 Å². The molecular formula is C34H23N3O6. The summed E-state index contributed by atoms with van der Waals surface area (Å²) in [5.74, 6) is 0.342. The molecule has 0 bridgehead atoms. The Bertz CT molecular complexity index is 2050. The summed E-state index contributed by atoms with van der Waals surface area (Å²) in [6.45, 7) is 0.0655. The largest absolute Gasteiger partial charge is 0.467 e. The molecule has 0 unspecified atom stereocenters. The molecule has 0 atom stereocenters. The molecule has 6 aromatic rings. The van der Waals surface area contributed by atoms with Crippen molar-refractivity contribution < 1.29 is 23.5 Å². The highest BCUT2D eigenvalue weighted by Gasteiger charge is 2.36. The third-order valence-electron chi connectivity index (χ3n) is 7.39. The first-order valence-electron chi connectivity index (χ1n) is 13.6. The zero-order chi connectivity index (χ0) is 29.5. The van der Waals surface area contributed by atoms with Crippen LogP contribution in [0.4, 0.5) is 5.69 Å². The number of ether oxygens (including phenoxy) is 1. The van der Waals surface area contributed by atoms with Gasteiger partial charge in [0.25, 0.3) is 11.8 Å². The van der Waals surface area contributed by atoms with Crippen LogP contribution >= 0.6 is 0 Å². The smallest absolute Gasteiger partial charge is 0.262 e. The standard InChI is InChI=1S/C34H23N3O6/c38-31(20-36-29-9-3-1-7-26(29)32(39)27-8-2-4-10-30(27)36)35-21-11-13-22(14-12-21)43-23-15-16-25-28(18-23)34(41)37(33(25)40)19-24-6-5-17-42-24/h1-18H,19-20H2,(H,35,38). The van der Waals surface area contributed by atoms with Gasteiger partial charge in [-0.1, -0.05) is 24.3 Å². The van der Waals surface area contributed by atoms with Gasteiger partial charge in [0.15, 0.2) is 5.43 Å². The van der Waals surface area contributed by atoms with Gasteiger partial charge in [-0.05, 0) is 78.9 Å². The Kier molecular flexibility index (Phi) is 6.32. The van der Waals surface area contributed by atoms with E-state index in [1.165, 1.54) is 6.26 Å². The number of furan rings is 1. The molecule has 43 heavy (non-hydrogen) atoms. The second-order valence-electron chi connectivity index (χ2n) is 10.1. The highest BCUT2D eigenvalue weighted by Crippen LogP contribution is 2.31. The molecule has 3 heterocycles. The summed E-state index contributed by atoms with van der Waals surface area (Å²) in [4.78, 5) is 52.9. The Hall–Kier alpha value is -5.96. The summed E-state index contributed by atoms with van der Waals surface area (Å²) in [6.07, 6.45) is 1.49. The Morgan fingerprint density at radius 1 is 0.721 bits per heavy atom. The number of aromatic nitrogens is 1. The van der Waals surface area contributed by atoms with Gasteiger partial charge in [-0.15, -0.1) is 0 Å². The van der Waals surface area contributed by atoms with Gasteiger partial charge in [0.05, 0.1) is 35.0 Å². The summed E-state index contributed by atoms with van der Waals surface area (Å²) in [5.41, 5.74) is 2.44. The lowest BCUT2D eigenvalue weighted by atomic mass is 10.1. The average molecular weight is 570 g/mol. The van der Waals surface area contributed by atoms with Crippen molar-refractivity contribution in [1.29, 1.82) is 0 Å². The number of hydrogen-bond donors (Lipinski definition) is 1. The minimum Gasteiger partial charge on any atom is -0.467 e. The van der Waals surface area contributed by atoms with Crippen molar-refractivity contribution in [3.63, 3.8) is 0 Å². The van der Waals surface area contributed by atoms with E-state index in [1.54, 1.807) is 66.7 Å². The fourth-order valence-electron chi connectivity index (χ4n) is 5.37. The van der Waals surface area contributed by atoms with E-state index in [1.807, 2.05) is 41.0 Å². The molecule has 0 radical (unpaired) electrons. The van der Waals surface area contributed by atoms with Gasteiger partial charge in [-0.3, -0.25) is 24.1 Å². The molecule has 0 fully saturated rings. The number of anilines is 1. The minimum absolute atomic E-state index is 0.0123. The van der Waals surface area contributed by atoms with Crippen molar-refractivity contribution in [2.24, 2.45) is 0 Å². The number of fused-ring (bicyclic) bond motifs is 3. The van der Waals surface area contributed by atoms with Crippen molar-refractivity contribution in [3.05, 3.63) is 137 Å². The fraction of sp³-hybridized carbons (Fsp3) is 0.0588. The van der Waals surface area contributed by atoms with Crippen molar-refractivity contribution >= 4 is 45.2 Å². The molecule has 0 saturated heterocycles. The van der Waals surface area contributed by atoms with Crippen molar-refractivity contribution in [2.45, 2.75) is 13.1 Å². The third-order valence-corrected chi connectivity index (χ3v) is 7.39. The first-order chi connectivity index (χ1) is 21.0. The van der Waals surface area contributed by atoms with Crippen LogP contribution in [-0.4, -0.2) is 27.2 Å². The molecule has 210 valence electrons. The SMILES string of the molecule is O=C(Cn1c2ccccc2c(=O)c2ccccc21)Nc1ccc(Oc2ccc3c(c2)C(=O)N(Cc2ccco2)C3=O)cc1. The van der Waals surface area contributed by atoms with E-state index < -0.39 is 5.91 Å². The number of pyridine rings is 1. The number of nitrogens with zero attached hydrogens (tertiary/aromatic N) is 2. The topological polar surface area (TPSA) is 111 Å². The summed E-state index contributed by atoms with van der Waals surface area (Å²) in [5, 5.41) is 4.01. The van der Waals surface area contributed by atoms with E-state index in [2.05, 4.69) is 5.32 Å². The molecule has 1 N–H and O–H groups in total. The number of hydrogen-bond acceptors (Lipinski definition) is 6. The third kappa shape index (κ3) is 4.72. The maximum Gasteiger partial charge on any atom is 0.262 e. The highest BCUT2D eigenvalue weighted by molar-refractivity contribution is 6.21. The Morgan fingerprint density at radius 3 is 2.05 bits per heavy atom. The molecule has 4 aromatic carbocycles. The van der Waals surface area contributed by atoms with Crippen LogP contribution < -0.4 is 15.5 Å². The number of amides is 3. The molecule has 3 amide bonds. The van der Waals surface area contributed by atoms with Crippen LogP contribution in [-0.2, 0) is 17.9 Å². The molecule has 1 aliphatic heterocycles. The van der Waals surface area contributed by atoms with Gasteiger partial charge < -0.3 is 19.0 Å². The van der Waals surface area contributed by atoms with Crippen LogP contribution in [0, 0.1) is 0 Å². The first kappa shape index (κ1) is 26.0. The second-order valence-corrected chi connectivity index (χ2v) is 10.1. The summed E-state index contributed by atoms with van der Waals surface area (Å²) >= 11 is 0. The quantitative estimate of drug-likeness (QED) is 0.187. The van der Waals surface area contributed by atoms with Gasteiger partial charge in [0.1, 0.15) is 23.8 Å². The molecule has 0 aliphatic carbocycles. The van der Waals surface area contributed by atoms with Gasteiger partial charge in [-0.25, -0.2) is 0 Å². The van der Waals surface area contributed by atoms with Gasteiger partial charge >= 0.3 is 0 Å². The monoisotopic (exact) mass is 569 g/mol.